The lowest BCUT2D eigenvalue weighted by Gasteiger charge is -2.20. The van der Waals surface area contributed by atoms with Crippen LogP contribution in [-0.2, 0) is 14.3 Å². The number of carbonyl (C=O) groups is 2. The van der Waals surface area contributed by atoms with Crippen molar-refractivity contribution in [1.29, 1.82) is 0 Å². The van der Waals surface area contributed by atoms with Gasteiger partial charge in [-0.15, -0.1) is 0 Å². The van der Waals surface area contributed by atoms with Gasteiger partial charge in [-0.1, -0.05) is 6.92 Å². The molecule has 5 nitrogen and oxygen atoms in total. The minimum Gasteiger partial charge on any atom is -0.480 e. The molecule has 0 spiro atoms. The average molecular weight is 261 g/mol. The summed E-state index contributed by atoms with van der Waals surface area (Å²) in [6, 6.07) is -0.727. The maximum absolute atomic E-state index is 11.9. The fraction of sp³-hybridized carbons (Fsp3) is 0.818. The Morgan fingerprint density at radius 1 is 1.53 bits per heavy atom. The molecule has 98 valence electrons. The van der Waals surface area contributed by atoms with Crippen molar-refractivity contribution in [3.05, 3.63) is 0 Å². The molecule has 17 heavy (non-hydrogen) atoms. The molecule has 1 aliphatic heterocycles. The van der Waals surface area contributed by atoms with Crippen LogP contribution in [0.15, 0.2) is 0 Å². The van der Waals surface area contributed by atoms with Gasteiger partial charge in [-0.05, 0) is 12.2 Å². The Hall–Kier alpha value is -0.750. The lowest BCUT2D eigenvalue weighted by Crippen LogP contribution is -2.41. The van der Waals surface area contributed by atoms with Gasteiger partial charge in [0.15, 0.2) is 0 Å². The predicted molar refractivity (Wildman–Crippen MR) is 66.2 cm³/mol. The fourth-order valence-corrected chi connectivity index (χ4v) is 2.64. The summed E-state index contributed by atoms with van der Waals surface area (Å²) in [4.78, 5) is 24.4. The third kappa shape index (κ3) is 3.89. The Labute approximate surface area is 105 Å². The van der Waals surface area contributed by atoms with Crippen molar-refractivity contribution in [3.8, 4) is 0 Å². The SMILES string of the molecule is CCCSCC(=O)N1CC(OC)CC1C(=O)O. The van der Waals surface area contributed by atoms with Crippen LogP contribution in [0, 0.1) is 0 Å². The molecule has 0 aromatic heterocycles. The molecule has 0 aliphatic carbocycles. The first-order valence-electron chi connectivity index (χ1n) is 5.73. The number of amides is 1. The van der Waals surface area contributed by atoms with Gasteiger partial charge in [0.1, 0.15) is 6.04 Å². The maximum Gasteiger partial charge on any atom is 0.326 e. The summed E-state index contributed by atoms with van der Waals surface area (Å²) in [5, 5.41) is 9.06. The second kappa shape index (κ2) is 6.86. The first-order chi connectivity index (χ1) is 8.10. The van der Waals surface area contributed by atoms with Gasteiger partial charge in [0, 0.05) is 20.1 Å². The van der Waals surface area contributed by atoms with Crippen molar-refractivity contribution in [3.63, 3.8) is 0 Å². The number of aliphatic carboxylic acids is 1. The van der Waals surface area contributed by atoms with Gasteiger partial charge >= 0.3 is 5.97 Å². The first kappa shape index (κ1) is 14.3. The number of ether oxygens (including phenoxy) is 1. The van der Waals surface area contributed by atoms with E-state index < -0.39 is 12.0 Å². The number of thioether (sulfide) groups is 1. The zero-order chi connectivity index (χ0) is 12.8. The van der Waals surface area contributed by atoms with Gasteiger partial charge in [0.05, 0.1) is 11.9 Å². The van der Waals surface area contributed by atoms with Crippen molar-refractivity contribution in [2.45, 2.75) is 31.9 Å². The van der Waals surface area contributed by atoms with Gasteiger partial charge in [-0.25, -0.2) is 4.79 Å². The minimum atomic E-state index is -0.946. The molecule has 2 atom stereocenters. The summed E-state index contributed by atoms with van der Waals surface area (Å²) in [7, 11) is 1.55. The maximum atomic E-state index is 11.9. The smallest absolute Gasteiger partial charge is 0.326 e. The third-order valence-corrected chi connectivity index (χ3v) is 3.92. The largest absolute Gasteiger partial charge is 0.480 e. The Bertz CT molecular complexity index is 285. The number of hydrogen-bond acceptors (Lipinski definition) is 4. The van der Waals surface area contributed by atoms with E-state index in [0.29, 0.717) is 18.7 Å². The number of carbonyl (C=O) groups excluding carboxylic acids is 1. The number of likely N-dealkylation sites (tertiary alicyclic amines) is 1. The Balaban J connectivity index is 2.54. The highest BCUT2D eigenvalue weighted by Gasteiger charge is 2.39. The van der Waals surface area contributed by atoms with Crippen LogP contribution in [0.3, 0.4) is 0 Å². The van der Waals surface area contributed by atoms with E-state index >= 15 is 0 Å². The number of carboxylic acid groups (broad SMARTS) is 1. The molecule has 0 radical (unpaired) electrons. The van der Waals surface area contributed by atoms with Crippen molar-refractivity contribution >= 4 is 23.6 Å². The van der Waals surface area contributed by atoms with Gasteiger partial charge < -0.3 is 14.7 Å². The number of carboxylic acids is 1. The van der Waals surface area contributed by atoms with E-state index in [9.17, 15) is 9.59 Å². The lowest BCUT2D eigenvalue weighted by molar-refractivity contribution is -0.147. The zero-order valence-corrected chi connectivity index (χ0v) is 11.0. The quantitative estimate of drug-likeness (QED) is 0.717. The van der Waals surface area contributed by atoms with Crippen molar-refractivity contribution < 1.29 is 19.4 Å². The molecule has 1 saturated heterocycles. The van der Waals surface area contributed by atoms with Crippen molar-refractivity contribution in [1.82, 2.24) is 4.90 Å². The first-order valence-corrected chi connectivity index (χ1v) is 6.88. The molecule has 1 amide bonds. The second-order valence-electron chi connectivity index (χ2n) is 4.05. The molecule has 1 rings (SSSR count). The third-order valence-electron chi connectivity index (χ3n) is 2.78. The van der Waals surface area contributed by atoms with E-state index in [4.69, 9.17) is 9.84 Å². The van der Waals surface area contributed by atoms with Crippen LogP contribution in [0.25, 0.3) is 0 Å². The van der Waals surface area contributed by atoms with Crippen LogP contribution >= 0.6 is 11.8 Å². The molecule has 1 N–H and O–H groups in total. The fourth-order valence-electron chi connectivity index (χ4n) is 1.86. The summed E-state index contributed by atoms with van der Waals surface area (Å²) in [5.74, 6) is 0.229. The van der Waals surface area contributed by atoms with Gasteiger partial charge in [0.2, 0.25) is 5.91 Å². The number of nitrogens with zero attached hydrogens (tertiary/aromatic N) is 1. The van der Waals surface area contributed by atoms with E-state index in [1.54, 1.807) is 18.9 Å². The van der Waals surface area contributed by atoms with Gasteiger partial charge in [-0.3, -0.25) is 4.79 Å². The molecular formula is C11H19NO4S. The zero-order valence-electron chi connectivity index (χ0n) is 10.2. The highest BCUT2D eigenvalue weighted by Crippen LogP contribution is 2.21. The molecular weight excluding hydrogens is 242 g/mol. The molecule has 1 fully saturated rings. The number of rotatable bonds is 6. The topological polar surface area (TPSA) is 66.8 Å². The standard InChI is InChI=1S/C11H19NO4S/c1-3-4-17-7-10(13)12-6-8(16-2)5-9(12)11(14)15/h8-9H,3-7H2,1-2H3,(H,14,15). The van der Waals surface area contributed by atoms with E-state index in [0.717, 1.165) is 12.2 Å². The van der Waals surface area contributed by atoms with Crippen LogP contribution in [-0.4, -0.2) is 59.2 Å². The molecule has 0 aromatic rings. The molecule has 0 saturated carbocycles. The average Bonchev–Trinajstić information content (AvgIpc) is 2.73. The summed E-state index contributed by atoms with van der Waals surface area (Å²) in [6.45, 7) is 2.44. The summed E-state index contributed by atoms with van der Waals surface area (Å²) in [6.07, 6.45) is 1.24. The van der Waals surface area contributed by atoms with Gasteiger partial charge in [-0.2, -0.15) is 11.8 Å². The number of methoxy groups -OCH3 is 1. The van der Waals surface area contributed by atoms with E-state index in [1.807, 2.05) is 6.92 Å². The normalized spacial score (nSPS) is 24.0. The lowest BCUT2D eigenvalue weighted by atomic mass is 10.2. The molecule has 0 aromatic carbocycles. The molecule has 2 unspecified atom stereocenters. The van der Waals surface area contributed by atoms with E-state index in [1.165, 1.54) is 4.90 Å². The second-order valence-corrected chi connectivity index (χ2v) is 5.15. The van der Waals surface area contributed by atoms with Crippen molar-refractivity contribution in [2.24, 2.45) is 0 Å². The van der Waals surface area contributed by atoms with Crippen LogP contribution in [0.5, 0.6) is 0 Å². The molecule has 0 bridgehead atoms. The Morgan fingerprint density at radius 2 is 2.24 bits per heavy atom. The molecule has 1 heterocycles. The van der Waals surface area contributed by atoms with Crippen LogP contribution in [0.2, 0.25) is 0 Å². The minimum absolute atomic E-state index is 0.101. The van der Waals surface area contributed by atoms with E-state index in [2.05, 4.69) is 0 Å². The summed E-state index contributed by atoms with van der Waals surface area (Å²) < 4.78 is 5.13. The summed E-state index contributed by atoms with van der Waals surface area (Å²) in [5.41, 5.74) is 0. The van der Waals surface area contributed by atoms with Crippen LogP contribution in [0.1, 0.15) is 19.8 Å². The molecule has 1 aliphatic rings. The molecule has 6 heteroatoms. The van der Waals surface area contributed by atoms with Gasteiger partial charge in [0.25, 0.3) is 0 Å². The Morgan fingerprint density at radius 3 is 2.76 bits per heavy atom. The Kier molecular flexibility index (Phi) is 5.77. The van der Waals surface area contributed by atoms with E-state index in [-0.39, 0.29) is 12.0 Å². The number of hydrogen-bond donors (Lipinski definition) is 1. The highest BCUT2D eigenvalue weighted by molar-refractivity contribution is 7.99. The highest BCUT2D eigenvalue weighted by atomic mass is 32.2. The van der Waals surface area contributed by atoms with Crippen LogP contribution in [0.4, 0.5) is 0 Å². The van der Waals surface area contributed by atoms with Crippen LogP contribution < -0.4 is 0 Å². The summed E-state index contributed by atoms with van der Waals surface area (Å²) >= 11 is 1.55. The van der Waals surface area contributed by atoms with Crippen molar-refractivity contribution in [2.75, 3.05) is 25.2 Å². The predicted octanol–water partition coefficient (Wildman–Crippen LogP) is 0.830. The monoisotopic (exact) mass is 261 g/mol.